The van der Waals surface area contributed by atoms with Gasteiger partial charge in [-0.3, -0.25) is 4.79 Å². The van der Waals surface area contributed by atoms with Crippen molar-refractivity contribution in [2.45, 2.75) is 96.2 Å². The lowest BCUT2D eigenvalue weighted by molar-refractivity contribution is -0.146. The number of allylic oxidation sites excluding steroid dienone is 1. The van der Waals surface area contributed by atoms with Gasteiger partial charge >= 0.3 is 5.97 Å². The van der Waals surface area contributed by atoms with E-state index in [0.29, 0.717) is 25.2 Å². The standard InChI is InChI=1S/C22H40O5/c1-2-3-5-9-17-13-14-18(21(25)16-17)10-6-4-7-11-19(22(26)27)20(24)12-8-15-23/h13-14,17-21,23-25H,2-12,15-16H2,1H3,(H,26,27)/t17-,18-,19+,20-,21-/m1/s1. The quantitative estimate of drug-likeness (QED) is 0.253. The highest BCUT2D eigenvalue weighted by Crippen LogP contribution is 2.30. The second-order valence-electron chi connectivity index (χ2n) is 8.12. The van der Waals surface area contributed by atoms with E-state index < -0.39 is 18.0 Å². The van der Waals surface area contributed by atoms with Crippen LogP contribution >= 0.6 is 0 Å². The minimum absolute atomic E-state index is 0.0277. The van der Waals surface area contributed by atoms with Crippen LogP contribution in [0, 0.1) is 17.8 Å². The Morgan fingerprint density at radius 1 is 1.04 bits per heavy atom. The number of rotatable bonds is 15. The van der Waals surface area contributed by atoms with E-state index in [9.17, 15) is 20.1 Å². The molecule has 27 heavy (non-hydrogen) atoms. The molecule has 1 aliphatic rings. The van der Waals surface area contributed by atoms with Crippen LogP contribution in [0.4, 0.5) is 0 Å². The lowest BCUT2D eigenvalue weighted by Crippen LogP contribution is -2.28. The molecule has 4 N–H and O–H groups in total. The Morgan fingerprint density at radius 2 is 1.78 bits per heavy atom. The van der Waals surface area contributed by atoms with Crippen molar-refractivity contribution in [3.8, 4) is 0 Å². The molecule has 1 rings (SSSR count). The molecule has 0 amide bonds. The zero-order chi connectivity index (χ0) is 20.1. The van der Waals surface area contributed by atoms with Crippen LogP contribution in [0.1, 0.15) is 84.0 Å². The molecular weight excluding hydrogens is 344 g/mol. The van der Waals surface area contributed by atoms with E-state index in [1.807, 2.05) is 0 Å². The lowest BCUT2D eigenvalue weighted by atomic mass is 9.81. The molecule has 0 saturated carbocycles. The molecule has 0 aromatic rings. The summed E-state index contributed by atoms with van der Waals surface area (Å²) in [5.41, 5.74) is 0. The van der Waals surface area contributed by atoms with Crippen molar-refractivity contribution < 1.29 is 25.2 Å². The molecule has 0 spiro atoms. The number of carboxylic acid groups (broad SMARTS) is 1. The van der Waals surface area contributed by atoms with E-state index in [0.717, 1.165) is 32.1 Å². The summed E-state index contributed by atoms with van der Waals surface area (Å²) in [6.45, 7) is 2.18. The predicted octanol–water partition coefficient (Wildman–Crippen LogP) is 3.90. The Kier molecular flexibility index (Phi) is 12.6. The molecule has 158 valence electrons. The summed E-state index contributed by atoms with van der Waals surface area (Å²) in [6.07, 6.45) is 13.9. The highest BCUT2D eigenvalue weighted by Gasteiger charge is 2.26. The Morgan fingerprint density at radius 3 is 2.41 bits per heavy atom. The van der Waals surface area contributed by atoms with Gasteiger partial charge in [0.1, 0.15) is 0 Å². The number of aliphatic carboxylic acids is 1. The van der Waals surface area contributed by atoms with Crippen LogP contribution < -0.4 is 0 Å². The molecule has 0 unspecified atom stereocenters. The van der Waals surface area contributed by atoms with Crippen LogP contribution in [0.2, 0.25) is 0 Å². The van der Waals surface area contributed by atoms with E-state index in [1.54, 1.807) is 0 Å². The average molecular weight is 385 g/mol. The molecule has 0 aromatic carbocycles. The van der Waals surface area contributed by atoms with Gasteiger partial charge in [-0.1, -0.05) is 57.6 Å². The van der Waals surface area contributed by atoms with Gasteiger partial charge < -0.3 is 20.4 Å². The normalized spacial score (nSPS) is 24.7. The van der Waals surface area contributed by atoms with Crippen molar-refractivity contribution in [1.29, 1.82) is 0 Å². The zero-order valence-corrected chi connectivity index (χ0v) is 16.9. The maximum atomic E-state index is 11.3. The van der Waals surface area contributed by atoms with Gasteiger partial charge in [-0.25, -0.2) is 0 Å². The largest absolute Gasteiger partial charge is 0.481 e. The van der Waals surface area contributed by atoms with Crippen molar-refractivity contribution in [2.24, 2.45) is 17.8 Å². The maximum Gasteiger partial charge on any atom is 0.309 e. The minimum Gasteiger partial charge on any atom is -0.481 e. The van der Waals surface area contributed by atoms with Crippen LogP contribution in [0.15, 0.2) is 12.2 Å². The van der Waals surface area contributed by atoms with E-state index in [2.05, 4.69) is 19.1 Å². The van der Waals surface area contributed by atoms with Gasteiger partial charge in [0.25, 0.3) is 0 Å². The fourth-order valence-corrected chi connectivity index (χ4v) is 4.05. The molecule has 0 radical (unpaired) electrons. The van der Waals surface area contributed by atoms with E-state index in [4.69, 9.17) is 5.11 Å². The molecule has 5 heteroatoms. The number of carboxylic acids is 1. The maximum absolute atomic E-state index is 11.3. The van der Waals surface area contributed by atoms with Crippen molar-refractivity contribution in [3.63, 3.8) is 0 Å². The van der Waals surface area contributed by atoms with E-state index in [1.165, 1.54) is 25.7 Å². The molecule has 0 saturated heterocycles. The fraction of sp³-hybridized carbons (Fsp3) is 0.864. The number of aliphatic hydroxyl groups excluding tert-OH is 3. The molecule has 5 nitrogen and oxygen atoms in total. The second-order valence-corrected chi connectivity index (χ2v) is 8.12. The smallest absolute Gasteiger partial charge is 0.309 e. The van der Waals surface area contributed by atoms with E-state index in [-0.39, 0.29) is 18.6 Å². The second kappa shape index (κ2) is 14.1. The topological polar surface area (TPSA) is 98.0 Å². The monoisotopic (exact) mass is 384 g/mol. The molecule has 5 atom stereocenters. The molecular formula is C22H40O5. The van der Waals surface area contributed by atoms with Gasteiger partial charge in [0.2, 0.25) is 0 Å². The number of hydrogen-bond acceptors (Lipinski definition) is 4. The van der Waals surface area contributed by atoms with Gasteiger partial charge in [-0.15, -0.1) is 0 Å². The first-order chi connectivity index (χ1) is 13.0. The van der Waals surface area contributed by atoms with Crippen LogP contribution in [0.5, 0.6) is 0 Å². The Balaban J connectivity index is 2.24. The first-order valence-electron chi connectivity index (χ1n) is 10.9. The van der Waals surface area contributed by atoms with Crippen LogP contribution in [0.25, 0.3) is 0 Å². The Hall–Kier alpha value is -0.910. The molecule has 1 aliphatic carbocycles. The van der Waals surface area contributed by atoms with Crippen molar-refractivity contribution in [1.82, 2.24) is 0 Å². The molecule has 0 aliphatic heterocycles. The summed E-state index contributed by atoms with van der Waals surface area (Å²) in [4.78, 5) is 11.3. The molecule has 0 aromatic heterocycles. The lowest BCUT2D eigenvalue weighted by Gasteiger charge is -2.28. The van der Waals surface area contributed by atoms with Crippen LogP contribution in [-0.2, 0) is 4.79 Å². The summed E-state index contributed by atoms with van der Waals surface area (Å²) < 4.78 is 0. The minimum atomic E-state index is -0.958. The van der Waals surface area contributed by atoms with Crippen molar-refractivity contribution >= 4 is 5.97 Å². The number of carbonyl (C=O) groups is 1. The van der Waals surface area contributed by atoms with E-state index >= 15 is 0 Å². The van der Waals surface area contributed by atoms with Gasteiger partial charge in [0, 0.05) is 12.5 Å². The molecule has 0 fully saturated rings. The SMILES string of the molecule is CCCCC[C@@H]1C=C[C@@H](CCCCC[C@H](C(=O)O)[C@H](O)CCCO)[C@H](O)C1. The summed E-state index contributed by atoms with van der Waals surface area (Å²) in [6, 6.07) is 0. The summed E-state index contributed by atoms with van der Waals surface area (Å²) in [5, 5.41) is 38.4. The molecule has 0 bridgehead atoms. The Labute approximate surface area is 164 Å². The first-order valence-corrected chi connectivity index (χ1v) is 10.9. The summed E-state index contributed by atoms with van der Waals surface area (Å²) in [7, 11) is 0. The zero-order valence-electron chi connectivity index (χ0n) is 16.9. The van der Waals surface area contributed by atoms with Gasteiger partial charge in [0.15, 0.2) is 0 Å². The number of aliphatic hydroxyl groups is 3. The Bertz CT molecular complexity index is 423. The van der Waals surface area contributed by atoms with Gasteiger partial charge in [-0.05, 0) is 44.4 Å². The fourth-order valence-electron chi connectivity index (χ4n) is 4.05. The van der Waals surface area contributed by atoms with Crippen molar-refractivity contribution in [3.05, 3.63) is 12.2 Å². The van der Waals surface area contributed by atoms with Gasteiger partial charge in [0.05, 0.1) is 18.1 Å². The number of unbranched alkanes of at least 4 members (excludes halogenated alkanes) is 4. The third-order valence-corrected chi connectivity index (χ3v) is 5.84. The highest BCUT2D eigenvalue weighted by atomic mass is 16.4. The summed E-state index contributed by atoms with van der Waals surface area (Å²) in [5.74, 6) is -0.974. The van der Waals surface area contributed by atoms with Crippen molar-refractivity contribution in [2.75, 3.05) is 6.61 Å². The number of hydrogen-bond donors (Lipinski definition) is 4. The highest BCUT2D eigenvalue weighted by molar-refractivity contribution is 5.70. The summed E-state index contributed by atoms with van der Waals surface area (Å²) >= 11 is 0. The first kappa shape index (κ1) is 24.1. The molecule has 0 heterocycles. The van der Waals surface area contributed by atoms with Crippen LogP contribution in [-0.4, -0.2) is 45.2 Å². The van der Waals surface area contributed by atoms with Crippen LogP contribution in [0.3, 0.4) is 0 Å². The predicted molar refractivity (Wildman–Crippen MR) is 107 cm³/mol. The third kappa shape index (κ3) is 9.72. The van der Waals surface area contributed by atoms with Gasteiger partial charge in [-0.2, -0.15) is 0 Å². The third-order valence-electron chi connectivity index (χ3n) is 5.84. The average Bonchev–Trinajstić information content (AvgIpc) is 2.64.